The van der Waals surface area contributed by atoms with Crippen molar-refractivity contribution in [2.24, 2.45) is 0 Å². The Morgan fingerprint density at radius 3 is 1.85 bits per heavy atom. The van der Waals surface area contributed by atoms with Crippen molar-refractivity contribution in [1.29, 1.82) is 0 Å². The van der Waals surface area contributed by atoms with Crippen LogP contribution in [-0.4, -0.2) is 0 Å². The smallest absolute Gasteiger partial charge is 0.0149 e. The second-order valence-corrected chi connectivity index (χ2v) is 3.88. The van der Waals surface area contributed by atoms with Gasteiger partial charge in [-0.1, -0.05) is 96.1 Å². The van der Waals surface area contributed by atoms with E-state index in [4.69, 9.17) is 0 Å². The van der Waals surface area contributed by atoms with E-state index < -0.39 is 0 Å². The normalized spacial score (nSPS) is 8.30. The van der Waals surface area contributed by atoms with Gasteiger partial charge in [0, 0.05) is 0 Å². The zero-order chi connectivity index (χ0) is 14.7. The molecule has 112 valence electrons. The molecule has 2 rings (SSSR count). The van der Waals surface area contributed by atoms with Gasteiger partial charge in [0.2, 0.25) is 0 Å². The second-order valence-electron chi connectivity index (χ2n) is 3.88. The summed E-state index contributed by atoms with van der Waals surface area (Å²) < 4.78 is 0. The molecule has 0 radical (unpaired) electrons. The Balaban J connectivity index is 0. The molecule has 0 aliphatic carbocycles. The van der Waals surface area contributed by atoms with Gasteiger partial charge in [-0.05, 0) is 30.0 Å². The molecule has 0 aliphatic heterocycles. The zero-order valence-corrected chi connectivity index (χ0v) is 13.3. The summed E-state index contributed by atoms with van der Waals surface area (Å²) >= 11 is 0. The lowest BCUT2D eigenvalue weighted by molar-refractivity contribution is 1.14. The third-order valence-corrected chi connectivity index (χ3v) is 2.73. The van der Waals surface area contributed by atoms with E-state index in [2.05, 4.69) is 62.4 Å². The van der Waals surface area contributed by atoms with E-state index in [1.165, 1.54) is 22.3 Å². The number of benzene rings is 2. The number of aryl methyl sites for hydroxylation is 2. The minimum absolute atomic E-state index is 0. The third-order valence-electron chi connectivity index (χ3n) is 2.73. The van der Waals surface area contributed by atoms with Crippen LogP contribution >= 0.6 is 0 Å². The molecule has 2 aromatic rings. The molecule has 20 heavy (non-hydrogen) atoms. The van der Waals surface area contributed by atoms with Crippen molar-refractivity contribution in [2.75, 3.05) is 0 Å². The van der Waals surface area contributed by atoms with Gasteiger partial charge >= 0.3 is 0 Å². The third kappa shape index (κ3) is 6.06. The van der Waals surface area contributed by atoms with Gasteiger partial charge in [0.1, 0.15) is 0 Å². The maximum Gasteiger partial charge on any atom is -0.0149 e. The zero-order valence-electron chi connectivity index (χ0n) is 13.3. The molecule has 0 saturated carbocycles. The van der Waals surface area contributed by atoms with E-state index in [1.54, 1.807) is 0 Å². The maximum atomic E-state index is 2.27. The first kappa shape index (κ1) is 20.8. The standard InChI is InChI=1S/C15H16.2C2H6.CH4/c1-3-13-10-9-12(2)11-15(13)14-7-5-4-6-8-14;2*1-2;/h4-11H,3H2,1-2H3;2*1-2H3;1H4. The average Bonchev–Trinajstić information content (AvgIpc) is 2.52. The van der Waals surface area contributed by atoms with Crippen molar-refractivity contribution in [3.8, 4) is 11.1 Å². The van der Waals surface area contributed by atoms with E-state index in [0.717, 1.165) is 6.42 Å². The lowest BCUT2D eigenvalue weighted by Crippen LogP contribution is -1.88. The molecule has 0 aromatic heterocycles. The van der Waals surface area contributed by atoms with Crippen LogP contribution in [0, 0.1) is 6.92 Å². The summed E-state index contributed by atoms with van der Waals surface area (Å²) in [4.78, 5) is 0. The van der Waals surface area contributed by atoms with Crippen molar-refractivity contribution in [3.63, 3.8) is 0 Å². The second kappa shape index (κ2) is 12.5. The van der Waals surface area contributed by atoms with Crippen molar-refractivity contribution < 1.29 is 0 Å². The van der Waals surface area contributed by atoms with Gasteiger partial charge in [-0.3, -0.25) is 0 Å². The monoisotopic (exact) mass is 272 g/mol. The Hall–Kier alpha value is -1.56. The van der Waals surface area contributed by atoms with Crippen molar-refractivity contribution >= 4 is 0 Å². The number of hydrogen-bond donors (Lipinski definition) is 0. The minimum atomic E-state index is 0. The first-order valence-electron chi connectivity index (χ1n) is 7.46. The molecule has 0 atom stereocenters. The van der Waals surface area contributed by atoms with Crippen LogP contribution in [0.2, 0.25) is 0 Å². The Morgan fingerprint density at radius 1 is 0.800 bits per heavy atom. The molecular weight excluding hydrogens is 240 g/mol. The molecule has 0 fully saturated rings. The Kier molecular flexibility index (Phi) is 12.9. The largest absolute Gasteiger partial charge is 0.0776 e. The molecule has 0 amide bonds. The fourth-order valence-electron chi connectivity index (χ4n) is 1.89. The highest BCUT2D eigenvalue weighted by Gasteiger charge is 2.02. The summed E-state index contributed by atoms with van der Waals surface area (Å²) in [5, 5.41) is 0. The van der Waals surface area contributed by atoms with E-state index >= 15 is 0 Å². The van der Waals surface area contributed by atoms with E-state index in [9.17, 15) is 0 Å². The predicted molar refractivity (Wildman–Crippen MR) is 95.4 cm³/mol. The summed E-state index contributed by atoms with van der Waals surface area (Å²) in [6.07, 6.45) is 1.09. The average molecular weight is 272 g/mol. The highest BCUT2D eigenvalue weighted by Crippen LogP contribution is 2.25. The SMILES string of the molecule is C.CC.CC.CCc1ccc(C)cc1-c1ccccc1. The quantitative estimate of drug-likeness (QED) is 0.557. The highest BCUT2D eigenvalue weighted by atomic mass is 14.1. The van der Waals surface area contributed by atoms with Crippen LogP contribution in [0.15, 0.2) is 48.5 Å². The van der Waals surface area contributed by atoms with Crippen LogP contribution in [0.1, 0.15) is 53.2 Å². The Morgan fingerprint density at radius 2 is 1.35 bits per heavy atom. The molecule has 0 spiro atoms. The van der Waals surface area contributed by atoms with Gasteiger partial charge in [-0.2, -0.15) is 0 Å². The summed E-state index contributed by atoms with van der Waals surface area (Å²) in [6.45, 7) is 12.4. The molecule has 2 aromatic carbocycles. The fraction of sp³-hybridized carbons (Fsp3) is 0.400. The molecule has 0 N–H and O–H groups in total. The predicted octanol–water partition coefficient (Wildman–Crippen LogP) is 6.91. The number of hydrogen-bond acceptors (Lipinski definition) is 0. The Labute approximate surface area is 126 Å². The molecule has 0 aliphatic rings. The molecule has 0 unspecified atom stereocenters. The van der Waals surface area contributed by atoms with Gasteiger partial charge in [0.05, 0.1) is 0 Å². The summed E-state index contributed by atoms with van der Waals surface area (Å²) in [6, 6.07) is 17.3. The summed E-state index contributed by atoms with van der Waals surface area (Å²) in [5.74, 6) is 0. The number of rotatable bonds is 2. The van der Waals surface area contributed by atoms with Crippen LogP contribution in [-0.2, 0) is 6.42 Å². The van der Waals surface area contributed by atoms with E-state index in [-0.39, 0.29) is 7.43 Å². The first-order valence-corrected chi connectivity index (χ1v) is 7.46. The molecule has 0 bridgehead atoms. The molecule has 0 nitrogen and oxygen atoms in total. The molecular formula is C20H32. The molecule has 0 heterocycles. The Bertz CT molecular complexity index is 441. The fourth-order valence-corrected chi connectivity index (χ4v) is 1.89. The lowest BCUT2D eigenvalue weighted by atomic mass is 9.96. The molecule has 0 saturated heterocycles. The van der Waals surface area contributed by atoms with E-state index in [1.807, 2.05) is 27.7 Å². The van der Waals surface area contributed by atoms with Gasteiger partial charge in [-0.25, -0.2) is 0 Å². The minimum Gasteiger partial charge on any atom is -0.0776 e. The first-order chi connectivity index (χ1) is 9.31. The van der Waals surface area contributed by atoms with Crippen LogP contribution in [0.4, 0.5) is 0 Å². The van der Waals surface area contributed by atoms with Crippen LogP contribution in [0.5, 0.6) is 0 Å². The maximum absolute atomic E-state index is 2.27. The summed E-state index contributed by atoms with van der Waals surface area (Å²) in [5.41, 5.74) is 5.44. The van der Waals surface area contributed by atoms with Crippen molar-refractivity contribution in [3.05, 3.63) is 59.7 Å². The van der Waals surface area contributed by atoms with Gasteiger partial charge in [0.15, 0.2) is 0 Å². The van der Waals surface area contributed by atoms with Gasteiger partial charge < -0.3 is 0 Å². The summed E-state index contributed by atoms with van der Waals surface area (Å²) in [7, 11) is 0. The van der Waals surface area contributed by atoms with Crippen LogP contribution < -0.4 is 0 Å². The lowest BCUT2D eigenvalue weighted by Gasteiger charge is -2.09. The van der Waals surface area contributed by atoms with E-state index in [0.29, 0.717) is 0 Å². The van der Waals surface area contributed by atoms with Gasteiger partial charge in [0.25, 0.3) is 0 Å². The van der Waals surface area contributed by atoms with Crippen molar-refractivity contribution in [1.82, 2.24) is 0 Å². The van der Waals surface area contributed by atoms with Crippen LogP contribution in [0.3, 0.4) is 0 Å². The van der Waals surface area contributed by atoms with Gasteiger partial charge in [-0.15, -0.1) is 0 Å². The highest BCUT2D eigenvalue weighted by molar-refractivity contribution is 5.68. The van der Waals surface area contributed by atoms with Crippen LogP contribution in [0.25, 0.3) is 11.1 Å². The molecule has 0 heteroatoms. The topological polar surface area (TPSA) is 0 Å². The van der Waals surface area contributed by atoms with Crippen molar-refractivity contribution in [2.45, 2.75) is 55.4 Å².